The summed E-state index contributed by atoms with van der Waals surface area (Å²) in [5.41, 5.74) is 4.21. The van der Waals surface area contributed by atoms with Crippen LogP contribution in [0, 0.1) is 0 Å². The molecule has 1 rings (SSSR count). The number of anilines is 1. The van der Waals surface area contributed by atoms with Crippen LogP contribution in [0.15, 0.2) is 18.2 Å². The van der Waals surface area contributed by atoms with E-state index in [-0.39, 0.29) is 0 Å². The van der Waals surface area contributed by atoms with E-state index in [9.17, 15) is 0 Å². The van der Waals surface area contributed by atoms with Crippen LogP contribution in [0.3, 0.4) is 0 Å². The van der Waals surface area contributed by atoms with E-state index in [1.807, 2.05) is 0 Å². The quantitative estimate of drug-likeness (QED) is 0.694. The number of nitrogens with one attached hydrogen (secondary N) is 1. The van der Waals surface area contributed by atoms with Crippen LogP contribution in [0.5, 0.6) is 0 Å². The van der Waals surface area contributed by atoms with Crippen LogP contribution in [0.25, 0.3) is 0 Å². The fourth-order valence-corrected chi connectivity index (χ4v) is 2.05. The highest BCUT2D eigenvalue weighted by molar-refractivity contribution is 5.57. The number of hydrogen-bond acceptors (Lipinski definition) is 2. The molecule has 0 unspecified atom stereocenters. The Morgan fingerprint density at radius 2 is 1.71 bits per heavy atom. The Labute approximate surface area is 105 Å². The van der Waals surface area contributed by atoms with Gasteiger partial charge in [-0.1, -0.05) is 32.0 Å². The van der Waals surface area contributed by atoms with E-state index in [1.165, 1.54) is 16.8 Å². The normalized spacial score (nSPS) is 10.5. The molecule has 2 heteroatoms. The Kier molecular flexibility index (Phi) is 6.71. The minimum absolute atomic E-state index is 0.859. The first-order chi connectivity index (χ1) is 8.33. The van der Waals surface area contributed by atoms with Crippen LogP contribution in [0.1, 0.15) is 37.8 Å². The molecule has 0 aliphatic rings. The predicted octanol–water partition coefficient (Wildman–Crippen LogP) is 3.65. The summed E-state index contributed by atoms with van der Waals surface area (Å²) in [6, 6.07) is 6.60. The minimum atomic E-state index is 0.859. The van der Waals surface area contributed by atoms with E-state index in [1.54, 1.807) is 7.11 Å². The van der Waals surface area contributed by atoms with Gasteiger partial charge >= 0.3 is 0 Å². The van der Waals surface area contributed by atoms with Gasteiger partial charge in [-0.3, -0.25) is 0 Å². The lowest BCUT2D eigenvalue weighted by Crippen LogP contribution is -2.07. The standard InChI is InChI=1S/C15H25NO/c1-4-13-9-8-10-14(5-2)15(13)16-11-6-7-12-17-3/h8-10,16H,4-7,11-12H2,1-3H3. The van der Waals surface area contributed by atoms with Gasteiger partial charge in [0.1, 0.15) is 0 Å². The van der Waals surface area contributed by atoms with Gasteiger partial charge in [0.25, 0.3) is 0 Å². The number of para-hydroxylation sites is 1. The van der Waals surface area contributed by atoms with Gasteiger partial charge in [0.05, 0.1) is 0 Å². The van der Waals surface area contributed by atoms with Gasteiger partial charge in [-0.25, -0.2) is 0 Å². The number of ether oxygens (including phenoxy) is 1. The first-order valence-electron chi connectivity index (χ1n) is 6.67. The average Bonchev–Trinajstić information content (AvgIpc) is 2.38. The molecule has 0 heterocycles. The maximum Gasteiger partial charge on any atom is 0.0462 e. The molecule has 0 bridgehead atoms. The van der Waals surface area contributed by atoms with Gasteiger partial charge in [0.15, 0.2) is 0 Å². The van der Waals surface area contributed by atoms with Gasteiger partial charge in [0.2, 0.25) is 0 Å². The lowest BCUT2D eigenvalue weighted by atomic mass is 10.0. The van der Waals surface area contributed by atoms with Gasteiger partial charge < -0.3 is 10.1 Å². The van der Waals surface area contributed by atoms with Crippen molar-refractivity contribution in [2.75, 3.05) is 25.6 Å². The molecule has 0 aromatic heterocycles. The third-order valence-electron chi connectivity index (χ3n) is 3.08. The molecule has 0 saturated carbocycles. The molecule has 1 aromatic carbocycles. The molecule has 0 atom stereocenters. The summed E-state index contributed by atoms with van der Waals surface area (Å²) in [5.74, 6) is 0. The van der Waals surface area contributed by atoms with Crippen LogP contribution >= 0.6 is 0 Å². The van der Waals surface area contributed by atoms with Crippen molar-refractivity contribution in [1.29, 1.82) is 0 Å². The molecule has 0 aliphatic carbocycles. The molecular formula is C15H25NO. The lowest BCUT2D eigenvalue weighted by Gasteiger charge is -2.15. The number of rotatable bonds is 8. The smallest absolute Gasteiger partial charge is 0.0462 e. The Morgan fingerprint density at radius 1 is 1.06 bits per heavy atom. The summed E-state index contributed by atoms with van der Waals surface area (Å²) in [7, 11) is 1.76. The van der Waals surface area contributed by atoms with E-state index in [0.717, 1.165) is 38.8 Å². The van der Waals surface area contributed by atoms with Crippen molar-refractivity contribution in [2.24, 2.45) is 0 Å². The zero-order valence-electron chi connectivity index (χ0n) is 11.4. The highest BCUT2D eigenvalue weighted by Gasteiger charge is 2.04. The topological polar surface area (TPSA) is 21.3 Å². The van der Waals surface area contributed by atoms with Gasteiger partial charge in [-0.05, 0) is 36.8 Å². The van der Waals surface area contributed by atoms with Crippen molar-refractivity contribution in [1.82, 2.24) is 0 Å². The highest BCUT2D eigenvalue weighted by Crippen LogP contribution is 2.22. The van der Waals surface area contributed by atoms with E-state index in [4.69, 9.17) is 4.74 Å². The average molecular weight is 235 g/mol. The second-order valence-electron chi connectivity index (χ2n) is 4.29. The maximum absolute atomic E-state index is 5.06. The third kappa shape index (κ3) is 4.39. The lowest BCUT2D eigenvalue weighted by molar-refractivity contribution is 0.194. The number of unbranched alkanes of at least 4 members (excludes halogenated alkanes) is 1. The minimum Gasteiger partial charge on any atom is -0.385 e. The Hall–Kier alpha value is -1.02. The molecule has 0 saturated heterocycles. The summed E-state index contributed by atoms with van der Waals surface area (Å²) in [6.07, 6.45) is 4.47. The van der Waals surface area contributed by atoms with Crippen molar-refractivity contribution in [2.45, 2.75) is 39.5 Å². The second kappa shape index (κ2) is 8.13. The van der Waals surface area contributed by atoms with Gasteiger partial charge in [-0.2, -0.15) is 0 Å². The van der Waals surface area contributed by atoms with Crippen molar-refractivity contribution in [3.63, 3.8) is 0 Å². The molecule has 96 valence electrons. The van der Waals surface area contributed by atoms with Gasteiger partial charge in [-0.15, -0.1) is 0 Å². The van der Waals surface area contributed by atoms with Crippen LogP contribution in [0.4, 0.5) is 5.69 Å². The van der Waals surface area contributed by atoms with Gasteiger partial charge in [0, 0.05) is 25.9 Å². The summed E-state index contributed by atoms with van der Waals surface area (Å²) in [4.78, 5) is 0. The number of methoxy groups -OCH3 is 1. The van der Waals surface area contributed by atoms with Crippen LogP contribution in [-0.4, -0.2) is 20.3 Å². The third-order valence-corrected chi connectivity index (χ3v) is 3.08. The molecule has 0 radical (unpaired) electrons. The molecule has 0 aliphatic heterocycles. The van der Waals surface area contributed by atoms with Crippen LogP contribution < -0.4 is 5.32 Å². The van der Waals surface area contributed by atoms with E-state index < -0.39 is 0 Å². The Balaban J connectivity index is 2.55. The Bertz CT molecular complexity index is 300. The van der Waals surface area contributed by atoms with E-state index in [0.29, 0.717) is 0 Å². The zero-order valence-corrected chi connectivity index (χ0v) is 11.4. The molecular weight excluding hydrogens is 210 g/mol. The number of hydrogen-bond donors (Lipinski definition) is 1. The van der Waals surface area contributed by atoms with Crippen LogP contribution in [0.2, 0.25) is 0 Å². The number of aryl methyl sites for hydroxylation is 2. The molecule has 2 nitrogen and oxygen atoms in total. The van der Waals surface area contributed by atoms with E-state index >= 15 is 0 Å². The second-order valence-corrected chi connectivity index (χ2v) is 4.29. The van der Waals surface area contributed by atoms with E-state index in [2.05, 4.69) is 37.4 Å². The van der Waals surface area contributed by atoms with Crippen molar-refractivity contribution in [3.8, 4) is 0 Å². The first-order valence-corrected chi connectivity index (χ1v) is 6.67. The van der Waals surface area contributed by atoms with Crippen molar-refractivity contribution in [3.05, 3.63) is 29.3 Å². The van der Waals surface area contributed by atoms with Crippen molar-refractivity contribution >= 4 is 5.69 Å². The summed E-state index contributed by atoms with van der Waals surface area (Å²) >= 11 is 0. The summed E-state index contributed by atoms with van der Waals surface area (Å²) in [5, 5.41) is 3.59. The fourth-order valence-electron chi connectivity index (χ4n) is 2.05. The SMILES string of the molecule is CCc1cccc(CC)c1NCCCCOC. The molecule has 1 aromatic rings. The highest BCUT2D eigenvalue weighted by atomic mass is 16.5. The predicted molar refractivity (Wildman–Crippen MR) is 74.8 cm³/mol. The van der Waals surface area contributed by atoms with Crippen molar-refractivity contribution < 1.29 is 4.74 Å². The zero-order chi connectivity index (χ0) is 12.5. The molecule has 17 heavy (non-hydrogen) atoms. The largest absolute Gasteiger partial charge is 0.385 e. The Morgan fingerprint density at radius 3 is 2.24 bits per heavy atom. The van der Waals surface area contributed by atoms with Crippen LogP contribution in [-0.2, 0) is 17.6 Å². The molecule has 0 amide bonds. The molecule has 0 fully saturated rings. The first kappa shape index (κ1) is 14.0. The molecule has 0 spiro atoms. The fraction of sp³-hybridized carbons (Fsp3) is 0.600. The molecule has 1 N–H and O–H groups in total. The summed E-state index contributed by atoms with van der Waals surface area (Å²) < 4.78 is 5.06. The maximum atomic E-state index is 5.06. The monoisotopic (exact) mass is 235 g/mol. The number of benzene rings is 1. The summed E-state index contributed by atoms with van der Waals surface area (Å²) in [6.45, 7) is 6.32.